The number of benzene rings is 1. The van der Waals surface area contributed by atoms with Crippen molar-refractivity contribution in [3.63, 3.8) is 0 Å². The Morgan fingerprint density at radius 3 is 2.50 bits per heavy atom. The quantitative estimate of drug-likeness (QED) is 0.668. The van der Waals surface area contributed by atoms with E-state index in [1.807, 2.05) is 0 Å². The summed E-state index contributed by atoms with van der Waals surface area (Å²) in [5, 5.41) is 0.362. The Morgan fingerprint density at radius 2 is 1.79 bits per heavy atom. The summed E-state index contributed by atoms with van der Waals surface area (Å²) in [5.41, 5.74) is 5.00. The molecule has 0 aliphatic heterocycles. The van der Waals surface area contributed by atoms with Crippen molar-refractivity contribution in [3.05, 3.63) is 40.2 Å². The highest BCUT2D eigenvalue weighted by molar-refractivity contribution is 5.81. The Labute approximate surface area is 77.2 Å². The van der Waals surface area contributed by atoms with E-state index in [1.165, 1.54) is 6.07 Å². The smallest absolute Gasteiger partial charge is 0.271 e. The van der Waals surface area contributed by atoms with Crippen LogP contribution in [0.2, 0.25) is 0 Å². The predicted molar refractivity (Wildman–Crippen MR) is 48.9 cm³/mol. The van der Waals surface area contributed by atoms with Gasteiger partial charge in [0.15, 0.2) is 11.6 Å². The number of fused-ring (bicyclic) bond motifs is 1. The summed E-state index contributed by atoms with van der Waals surface area (Å²) >= 11 is 0. The second-order valence-electron chi connectivity index (χ2n) is 2.91. The number of hydrogen-bond donors (Lipinski definition) is 2. The number of halogens is 2. The lowest BCUT2D eigenvalue weighted by atomic mass is 10.2. The van der Waals surface area contributed by atoms with Gasteiger partial charge in [0.05, 0.1) is 11.2 Å². The number of aromatic amines is 1. The molecule has 0 aliphatic rings. The van der Waals surface area contributed by atoms with Crippen LogP contribution in [0.4, 0.5) is 14.5 Å². The normalized spacial score (nSPS) is 10.7. The van der Waals surface area contributed by atoms with E-state index in [1.54, 1.807) is 0 Å². The predicted octanol–water partition coefficient (Wildman–Crippen LogP) is 1.39. The lowest BCUT2D eigenvalue weighted by Crippen LogP contribution is -2.11. The van der Waals surface area contributed by atoms with Crippen LogP contribution < -0.4 is 11.3 Å². The molecule has 2 aromatic rings. The molecule has 3 N–H and O–H groups in total. The number of aromatic nitrogens is 1. The molecular formula is C9H6F2N2O. The number of anilines is 1. The monoisotopic (exact) mass is 196 g/mol. The number of hydrogen-bond acceptors (Lipinski definition) is 2. The summed E-state index contributed by atoms with van der Waals surface area (Å²) in [6.07, 6.45) is 0. The van der Waals surface area contributed by atoms with Gasteiger partial charge >= 0.3 is 0 Å². The molecular weight excluding hydrogens is 190 g/mol. The highest BCUT2D eigenvalue weighted by atomic mass is 19.2. The maximum Gasteiger partial charge on any atom is 0.271 e. The fourth-order valence-corrected chi connectivity index (χ4v) is 1.22. The van der Waals surface area contributed by atoms with Gasteiger partial charge in [-0.25, -0.2) is 8.78 Å². The summed E-state index contributed by atoms with van der Waals surface area (Å²) in [6, 6.07) is 3.21. The molecule has 0 atom stereocenters. The Morgan fingerprint density at radius 1 is 1.14 bits per heavy atom. The standard InChI is InChI=1S/C9H6F2N2O/c10-5-1-4-2-7(12)9(14)13-8(4)3-6(5)11/h1-3H,12H2,(H,13,14). The van der Waals surface area contributed by atoms with Crippen molar-refractivity contribution in [2.24, 2.45) is 0 Å². The van der Waals surface area contributed by atoms with Crippen molar-refractivity contribution in [2.75, 3.05) is 5.73 Å². The number of nitrogens with two attached hydrogens (primary N) is 1. The first kappa shape index (κ1) is 8.68. The van der Waals surface area contributed by atoms with Gasteiger partial charge in [-0.05, 0) is 12.1 Å². The third kappa shape index (κ3) is 1.22. The molecule has 5 heteroatoms. The number of nitrogens with one attached hydrogen (secondary N) is 1. The van der Waals surface area contributed by atoms with Crippen molar-refractivity contribution >= 4 is 16.6 Å². The molecule has 2 rings (SSSR count). The van der Waals surface area contributed by atoms with Gasteiger partial charge in [0.2, 0.25) is 0 Å². The minimum Gasteiger partial charge on any atom is -0.394 e. The van der Waals surface area contributed by atoms with Crippen molar-refractivity contribution in [1.82, 2.24) is 4.98 Å². The second kappa shape index (κ2) is 2.80. The third-order valence-electron chi connectivity index (χ3n) is 1.91. The van der Waals surface area contributed by atoms with Crippen LogP contribution in [0.3, 0.4) is 0 Å². The molecule has 0 saturated carbocycles. The van der Waals surface area contributed by atoms with Gasteiger partial charge in [-0.3, -0.25) is 4.79 Å². The molecule has 0 amide bonds. The van der Waals surface area contributed by atoms with Crippen molar-refractivity contribution in [3.8, 4) is 0 Å². The Bertz CT molecular complexity index is 562. The van der Waals surface area contributed by atoms with Crippen LogP contribution in [0.5, 0.6) is 0 Å². The zero-order valence-electron chi connectivity index (χ0n) is 6.97. The van der Waals surface area contributed by atoms with E-state index in [0.717, 1.165) is 12.1 Å². The lowest BCUT2D eigenvalue weighted by Gasteiger charge is -2.00. The summed E-state index contributed by atoms with van der Waals surface area (Å²) < 4.78 is 25.5. The van der Waals surface area contributed by atoms with E-state index in [9.17, 15) is 13.6 Å². The van der Waals surface area contributed by atoms with E-state index >= 15 is 0 Å². The molecule has 1 aromatic carbocycles. The fourth-order valence-electron chi connectivity index (χ4n) is 1.22. The van der Waals surface area contributed by atoms with Gasteiger partial charge in [0, 0.05) is 11.5 Å². The molecule has 0 radical (unpaired) electrons. The molecule has 14 heavy (non-hydrogen) atoms. The molecule has 0 unspecified atom stereocenters. The summed E-state index contributed by atoms with van der Waals surface area (Å²) in [7, 11) is 0. The van der Waals surface area contributed by atoms with E-state index in [2.05, 4.69) is 4.98 Å². The number of rotatable bonds is 0. The molecule has 0 bridgehead atoms. The first-order chi connectivity index (χ1) is 6.58. The highest BCUT2D eigenvalue weighted by Crippen LogP contribution is 2.16. The van der Waals surface area contributed by atoms with Crippen LogP contribution in [0.25, 0.3) is 10.9 Å². The van der Waals surface area contributed by atoms with Crippen molar-refractivity contribution in [2.45, 2.75) is 0 Å². The van der Waals surface area contributed by atoms with Crippen LogP contribution in [-0.2, 0) is 0 Å². The lowest BCUT2D eigenvalue weighted by molar-refractivity contribution is 0.510. The fraction of sp³-hybridized carbons (Fsp3) is 0. The van der Waals surface area contributed by atoms with E-state index < -0.39 is 17.2 Å². The van der Waals surface area contributed by atoms with Crippen LogP contribution >= 0.6 is 0 Å². The van der Waals surface area contributed by atoms with Crippen molar-refractivity contribution < 1.29 is 8.78 Å². The summed E-state index contributed by atoms with van der Waals surface area (Å²) in [4.78, 5) is 13.4. The molecule has 1 aromatic heterocycles. The SMILES string of the molecule is Nc1cc2cc(F)c(F)cc2[nH]c1=O. The molecule has 0 saturated heterocycles. The maximum atomic E-state index is 12.8. The number of pyridine rings is 1. The Kier molecular flexibility index (Phi) is 1.73. The number of H-pyrrole nitrogens is 1. The minimum absolute atomic E-state index is 0.0245. The zero-order valence-corrected chi connectivity index (χ0v) is 6.97. The van der Waals surface area contributed by atoms with Crippen molar-refractivity contribution in [1.29, 1.82) is 0 Å². The molecule has 0 spiro atoms. The van der Waals surface area contributed by atoms with Gasteiger partial charge in [-0.1, -0.05) is 0 Å². The van der Waals surface area contributed by atoms with Crippen LogP contribution in [0, 0.1) is 11.6 Å². The van der Waals surface area contributed by atoms with E-state index in [0.29, 0.717) is 5.39 Å². The van der Waals surface area contributed by atoms with Crippen LogP contribution in [0.15, 0.2) is 23.0 Å². The van der Waals surface area contributed by atoms with Gasteiger partial charge in [0.25, 0.3) is 5.56 Å². The topological polar surface area (TPSA) is 58.9 Å². The summed E-state index contributed by atoms with van der Waals surface area (Å²) in [5.74, 6) is -1.97. The first-order valence-corrected chi connectivity index (χ1v) is 3.85. The average Bonchev–Trinajstić information content (AvgIpc) is 2.11. The van der Waals surface area contributed by atoms with Gasteiger partial charge in [0.1, 0.15) is 0 Å². The Hall–Kier alpha value is -1.91. The largest absolute Gasteiger partial charge is 0.394 e. The molecule has 1 heterocycles. The first-order valence-electron chi connectivity index (χ1n) is 3.85. The average molecular weight is 196 g/mol. The van der Waals surface area contributed by atoms with Gasteiger partial charge in [-0.15, -0.1) is 0 Å². The Balaban J connectivity index is 2.90. The van der Waals surface area contributed by atoms with Crippen LogP contribution in [-0.4, -0.2) is 4.98 Å². The number of nitrogen functional groups attached to an aromatic ring is 1. The molecule has 3 nitrogen and oxygen atoms in total. The van der Waals surface area contributed by atoms with E-state index in [-0.39, 0.29) is 11.2 Å². The van der Waals surface area contributed by atoms with Gasteiger partial charge < -0.3 is 10.7 Å². The minimum atomic E-state index is -1.00. The van der Waals surface area contributed by atoms with Gasteiger partial charge in [-0.2, -0.15) is 0 Å². The molecule has 0 aliphatic carbocycles. The third-order valence-corrected chi connectivity index (χ3v) is 1.91. The van der Waals surface area contributed by atoms with E-state index in [4.69, 9.17) is 5.73 Å². The summed E-state index contributed by atoms with van der Waals surface area (Å²) in [6.45, 7) is 0. The molecule has 0 fully saturated rings. The highest BCUT2D eigenvalue weighted by Gasteiger charge is 2.05. The van der Waals surface area contributed by atoms with Crippen LogP contribution in [0.1, 0.15) is 0 Å². The molecule has 72 valence electrons. The second-order valence-corrected chi connectivity index (χ2v) is 2.91. The maximum absolute atomic E-state index is 12.8. The zero-order chi connectivity index (χ0) is 10.3.